The normalized spacial score (nSPS) is 32.8. The van der Waals surface area contributed by atoms with Gasteiger partial charge in [-0.3, -0.25) is 0 Å². The molecule has 4 heteroatoms. The largest absolute Gasteiger partial charge is 0.487 e. The fourth-order valence-corrected chi connectivity index (χ4v) is 4.12. The Balaban J connectivity index is 1.92. The Bertz CT molecular complexity index is 522. The summed E-state index contributed by atoms with van der Waals surface area (Å²) in [5.41, 5.74) is 1.29. The highest BCUT2D eigenvalue weighted by Crippen LogP contribution is 2.45. The number of nitrogens with one attached hydrogen (secondary N) is 1. The van der Waals surface area contributed by atoms with Crippen LogP contribution in [0.4, 0.5) is 0 Å². The zero-order valence-electron chi connectivity index (χ0n) is 13.2. The minimum Gasteiger partial charge on any atom is -0.487 e. The molecule has 1 fully saturated rings. The van der Waals surface area contributed by atoms with Crippen LogP contribution in [0.15, 0.2) is 22.7 Å². The fourth-order valence-electron chi connectivity index (χ4n) is 3.74. The molecule has 1 aromatic carbocycles. The van der Waals surface area contributed by atoms with Gasteiger partial charge in [-0.25, -0.2) is 0 Å². The minimum absolute atomic E-state index is 0.000404. The molecule has 1 aromatic rings. The van der Waals surface area contributed by atoms with Crippen molar-refractivity contribution in [2.24, 2.45) is 0 Å². The molecule has 0 saturated carbocycles. The second-order valence-electron chi connectivity index (χ2n) is 6.57. The van der Waals surface area contributed by atoms with Crippen molar-refractivity contribution in [2.75, 3.05) is 20.1 Å². The van der Waals surface area contributed by atoms with E-state index in [1.807, 2.05) is 0 Å². The quantitative estimate of drug-likeness (QED) is 0.877. The van der Waals surface area contributed by atoms with Crippen molar-refractivity contribution in [3.63, 3.8) is 0 Å². The van der Waals surface area contributed by atoms with Gasteiger partial charge in [0.2, 0.25) is 0 Å². The highest BCUT2D eigenvalue weighted by molar-refractivity contribution is 9.10. The molecule has 3 atom stereocenters. The van der Waals surface area contributed by atoms with Crippen molar-refractivity contribution < 1.29 is 4.74 Å². The van der Waals surface area contributed by atoms with Crippen LogP contribution in [0.1, 0.15) is 44.7 Å². The summed E-state index contributed by atoms with van der Waals surface area (Å²) in [6, 6.07) is 7.38. The van der Waals surface area contributed by atoms with Gasteiger partial charge in [0.25, 0.3) is 0 Å². The van der Waals surface area contributed by atoms with E-state index in [1.165, 1.54) is 5.56 Å². The Morgan fingerprint density at radius 2 is 2.24 bits per heavy atom. The molecule has 0 amide bonds. The van der Waals surface area contributed by atoms with E-state index < -0.39 is 0 Å². The number of rotatable bonds is 2. The number of benzene rings is 1. The van der Waals surface area contributed by atoms with E-state index in [0.29, 0.717) is 12.1 Å². The number of piperidine rings is 1. The van der Waals surface area contributed by atoms with Gasteiger partial charge in [0.05, 0.1) is 0 Å². The molecule has 0 radical (unpaired) electrons. The standard InChI is InChI=1S/C17H25BrN2O/c1-4-19-15-11-17(7-8-20(3)12(2)10-17)21-16-6-5-13(18)9-14(15)16/h5-6,9,12,15,19H,4,7-8,10-11H2,1-3H3. The van der Waals surface area contributed by atoms with Crippen LogP contribution in [0.5, 0.6) is 5.75 Å². The minimum atomic E-state index is -0.000404. The lowest BCUT2D eigenvalue weighted by Gasteiger charge is -2.48. The van der Waals surface area contributed by atoms with Crippen LogP contribution in [-0.4, -0.2) is 36.7 Å². The predicted octanol–water partition coefficient (Wildman–Crippen LogP) is 3.74. The number of likely N-dealkylation sites (tertiary alicyclic amines) is 1. The summed E-state index contributed by atoms with van der Waals surface area (Å²) in [4.78, 5) is 2.44. The Morgan fingerprint density at radius 3 is 2.95 bits per heavy atom. The van der Waals surface area contributed by atoms with E-state index in [1.54, 1.807) is 0 Å². The first kappa shape index (κ1) is 15.3. The summed E-state index contributed by atoms with van der Waals surface area (Å²) in [5.74, 6) is 1.06. The lowest BCUT2D eigenvalue weighted by molar-refractivity contribution is -0.0389. The maximum absolute atomic E-state index is 6.52. The molecule has 2 aliphatic rings. The van der Waals surface area contributed by atoms with E-state index in [9.17, 15) is 0 Å². The number of halogens is 1. The highest BCUT2D eigenvalue weighted by atomic mass is 79.9. The number of ether oxygens (including phenoxy) is 1. The molecule has 3 nitrogen and oxygen atoms in total. The average Bonchev–Trinajstić information content (AvgIpc) is 2.45. The summed E-state index contributed by atoms with van der Waals surface area (Å²) < 4.78 is 7.65. The summed E-state index contributed by atoms with van der Waals surface area (Å²) >= 11 is 3.58. The zero-order valence-corrected chi connectivity index (χ0v) is 14.7. The van der Waals surface area contributed by atoms with Gasteiger partial charge in [-0.2, -0.15) is 0 Å². The van der Waals surface area contributed by atoms with Crippen molar-refractivity contribution in [1.82, 2.24) is 10.2 Å². The van der Waals surface area contributed by atoms with Gasteiger partial charge in [0, 0.05) is 41.5 Å². The molecule has 3 rings (SSSR count). The zero-order chi connectivity index (χ0) is 15.0. The van der Waals surface area contributed by atoms with Crippen LogP contribution < -0.4 is 10.1 Å². The van der Waals surface area contributed by atoms with Crippen LogP contribution in [0.3, 0.4) is 0 Å². The van der Waals surface area contributed by atoms with Crippen molar-refractivity contribution in [2.45, 2.75) is 50.8 Å². The molecular weight excluding hydrogens is 328 g/mol. The number of fused-ring (bicyclic) bond motifs is 1. The Morgan fingerprint density at radius 1 is 1.43 bits per heavy atom. The van der Waals surface area contributed by atoms with Gasteiger partial charge in [0.1, 0.15) is 11.4 Å². The SMILES string of the molecule is CCNC1CC2(CCN(C)C(C)C2)Oc2ccc(Br)cc21. The highest BCUT2D eigenvalue weighted by Gasteiger charge is 2.44. The molecule has 0 bridgehead atoms. The summed E-state index contributed by atoms with van der Waals surface area (Å²) in [7, 11) is 2.22. The average molecular weight is 353 g/mol. The van der Waals surface area contributed by atoms with Gasteiger partial charge in [-0.1, -0.05) is 22.9 Å². The third-order valence-electron chi connectivity index (χ3n) is 5.04. The first-order valence-corrected chi connectivity index (χ1v) is 8.74. The lowest BCUT2D eigenvalue weighted by Crippen LogP contribution is -2.54. The summed E-state index contributed by atoms with van der Waals surface area (Å²) in [5, 5.41) is 3.65. The molecule has 21 heavy (non-hydrogen) atoms. The number of nitrogens with zero attached hydrogens (tertiary/aromatic N) is 1. The molecule has 116 valence electrons. The monoisotopic (exact) mass is 352 g/mol. The van der Waals surface area contributed by atoms with Crippen LogP contribution in [0.25, 0.3) is 0 Å². The van der Waals surface area contributed by atoms with E-state index in [2.05, 4.69) is 65.2 Å². The number of hydrogen-bond donors (Lipinski definition) is 1. The third kappa shape index (κ3) is 2.99. The number of hydrogen-bond acceptors (Lipinski definition) is 3. The summed E-state index contributed by atoms with van der Waals surface area (Å²) in [6.07, 6.45) is 3.30. The molecule has 1 saturated heterocycles. The first-order valence-electron chi connectivity index (χ1n) is 7.95. The summed E-state index contributed by atoms with van der Waals surface area (Å²) in [6.45, 7) is 6.59. The topological polar surface area (TPSA) is 24.5 Å². The van der Waals surface area contributed by atoms with Gasteiger partial charge in [-0.05, 0) is 45.1 Å². The van der Waals surface area contributed by atoms with Gasteiger partial charge >= 0.3 is 0 Å². The maximum atomic E-state index is 6.52. The van der Waals surface area contributed by atoms with Crippen LogP contribution in [0.2, 0.25) is 0 Å². The Kier molecular flexibility index (Phi) is 4.30. The second kappa shape index (κ2) is 5.90. The molecule has 2 aliphatic heterocycles. The van der Waals surface area contributed by atoms with Crippen molar-refractivity contribution in [3.05, 3.63) is 28.2 Å². The van der Waals surface area contributed by atoms with E-state index in [-0.39, 0.29) is 5.60 Å². The van der Waals surface area contributed by atoms with Crippen LogP contribution in [-0.2, 0) is 0 Å². The van der Waals surface area contributed by atoms with E-state index in [0.717, 1.165) is 42.6 Å². The molecule has 0 aliphatic carbocycles. The maximum Gasteiger partial charge on any atom is 0.125 e. The van der Waals surface area contributed by atoms with E-state index >= 15 is 0 Å². The second-order valence-corrected chi connectivity index (χ2v) is 7.48. The van der Waals surface area contributed by atoms with Crippen molar-refractivity contribution in [1.29, 1.82) is 0 Å². The molecule has 2 heterocycles. The van der Waals surface area contributed by atoms with Crippen LogP contribution >= 0.6 is 15.9 Å². The molecule has 1 N–H and O–H groups in total. The van der Waals surface area contributed by atoms with Crippen molar-refractivity contribution in [3.8, 4) is 5.75 Å². The first-order chi connectivity index (χ1) is 10.0. The van der Waals surface area contributed by atoms with Crippen LogP contribution in [0, 0.1) is 0 Å². The van der Waals surface area contributed by atoms with Crippen molar-refractivity contribution >= 4 is 15.9 Å². The predicted molar refractivity (Wildman–Crippen MR) is 89.9 cm³/mol. The third-order valence-corrected chi connectivity index (χ3v) is 5.53. The molecular formula is C17H25BrN2O. The van der Waals surface area contributed by atoms with Gasteiger partial charge < -0.3 is 15.0 Å². The molecule has 0 aromatic heterocycles. The Labute approximate surface area is 136 Å². The Hall–Kier alpha value is -0.580. The van der Waals surface area contributed by atoms with Gasteiger partial charge in [-0.15, -0.1) is 0 Å². The van der Waals surface area contributed by atoms with Gasteiger partial charge in [0.15, 0.2) is 0 Å². The molecule has 3 unspecified atom stereocenters. The smallest absolute Gasteiger partial charge is 0.125 e. The molecule has 1 spiro atoms. The van der Waals surface area contributed by atoms with E-state index in [4.69, 9.17) is 4.74 Å². The fraction of sp³-hybridized carbons (Fsp3) is 0.647. The lowest BCUT2D eigenvalue weighted by atomic mass is 9.78.